The molecule has 3 aromatic rings. The lowest BCUT2D eigenvalue weighted by atomic mass is 10.0. The maximum Gasteiger partial charge on any atom is 0.205 e. The summed E-state index contributed by atoms with van der Waals surface area (Å²) in [5.41, 5.74) is 1.76. The van der Waals surface area contributed by atoms with Crippen LogP contribution in [0.15, 0.2) is 54.2 Å². The summed E-state index contributed by atoms with van der Waals surface area (Å²) in [4.78, 5) is 15.5. The first-order valence-corrected chi connectivity index (χ1v) is 7.05. The molecule has 114 valence electrons. The Balaban J connectivity index is 2.04. The second-order valence-corrected chi connectivity index (χ2v) is 5.13. The number of nitriles is 2. The molecule has 2 aromatic carbocycles. The highest BCUT2D eigenvalue weighted by Gasteiger charge is 2.17. The van der Waals surface area contributed by atoms with Gasteiger partial charge in [-0.15, -0.1) is 0 Å². The lowest BCUT2D eigenvalue weighted by Crippen LogP contribution is -2.01. The molecule has 0 amide bonds. The minimum Gasteiger partial charge on any atom is -0.360 e. The van der Waals surface area contributed by atoms with Crippen LogP contribution in [0.4, 0.5) is 4.39 Å². The Hall–Kier alpha value is -3.70. The number of H-pyrrole nitrogens is 1. The van der Waals surface area contributed by atoms with E-state index in [1.807, 2.05) is 12.1 Å². The molecular weight excluding hydrogens is 305 g/mol. The standard InChI is InChI=1S/C19H10FN3O/c20-15-4-5-16-17(11-23-18(16)8-15)19(24)14(10-22)7-12-2-1-3-13(6-12)9-21/h1-8,11,23H. The van der Waals surface area contributed by atoms with Gasteiger partial charge >= 0.3 is 0 Å². The zero-order valence-corrected chi connectivity index (χ0v) is 12.4. The highest BCUT2D eigenvalue weighted by molar-refractivity contribution is 6.19. The van der Waals surface area contributed by atoms with Gasteiger partial charge in [0.2, 0.25) is 5.78 Å². The highest BCUT2D eigenvalue weighted by Crippen LogP contribution is 2.22. The Morgan fingerprint density at radius 1 is 1.17 bits per heavy atom. The average molecular weight is 315 g/mol. The van der Waals surface area contributed by atoms with Crippen LogP contribution >= 0.6 is 0 Å². The number of halogens is 1. The van der Waals surface area contributed by atoms with Crippen molar-refractivity contribution in [3.63, 3.8) is 0 Å². The van der Waals surface area contributed by atoms with Crippen molar-refractivity contribution in [3.8, 4) is 12.1 Å². The van der Waals surface area contributed by atoms with E-state index < -0.39 is 11.6 Å². The minimum atomic E-state index is -0.460. The molecule has 4 nitrogen and oxygen atoms in total. The topological polar surface area (TPSA) is 80.4 Å². The SMILES string of the molecule is N#CC(=Cc1cccc(C#N)c1)C(=O)c1c[nH]c2cc(F)ccc12. The van der Waals surface area contributed by atoms with Gasteiger partial charge in [-0.3, -0.25) is 4.79 Å². The first kappa shape index (κ1) is 15.2. The number of Topliss-reactive ketones (excluding diaryl/α,β-unsaturated/α-hetero) is 1. The molecule has 0 fully saturated rings. The molecule has 3 rings (SSSR count). The summed E-state index contributed by atoms with van der Waals surface area (Å²) in [7, 11) is 0. The van der Waals surface area contributed by atoms with Gasteiger partial charge in [0.05, 0.1) is 11.6 Å². The molecule has 0 saturated carbocycles. The third-order valence-corrected chi connectivity index (χ3v) is 3.58. The van der Waals surface area contributed by atoms with Crippen molar-refractivity contribution in [2.75, 3.05) is 0 Å². The van der Waals surface area contributed by atoms with Crippen LogP contribution in [-0.4, -0.2) is 10.8 Å². The van der Waals surface area contributed by atoms with E-state index >= 15 is 0 Å². The second kappa shape index (κ2) is 6.20. The van der Waals surface area contributed by atoms with Gasteiger partial charge in [0.15, 0.2) is 0 Å². The van der Waals surface area contributed by atoms with Crippen LogP contribution < -0.4 is 0 Å². The van der Waals surface area contributed by atoms with E-state index in [0.29, 0.717) is 27.6 Å². The monoisotopic (exact) mass is 315 g/mol. The molecule has 0 unspecified atom stereocenters. The van der Waals surface area contributed by atoms with Crippen molar-refractivity contribution < 1.29 is 9.18 Å². The summed E-state index contributed by atoms with van der Waals surface area (Å²) in [6, 6.07) is 14.6. The number of rotatable bonds is 3. The second-order valence-electron chi connectivity index (χ2n) is 5.13. The van der Waals surface area contributed by atoms with Crippen LogP contribution in [0.5, 0.6) is 0 Å². The number of hydrogen-bond donors (Lipinski definition) is 1. The number of benzene rings is 2. The minimum absolute atomic E-state index is 0.0599. The molecule has 0 radical (unpaired) electrons. The number of allylic oxidation sites excluding steroid dienone is 1. The molecule has 0 aliphatic heterocycles. The van der Waals surface area contributed by atoms with E-state index in [2.05, 4.69) is 4.98 Å². The van der Waals surface area contributed by atoms with E-state index in [9.17, 15) is 14.4 Å². The quantitative estimate of drug-likeness (QED) is 0.451. The number of carbonyl (C=O) groups is 1. The maximum atomic E-state index is 13.2. The van der Waals surface area contributed by atoms with Crippen LogP contribution in [0.2, 0.25) is 0 Å². The van der Waals surface area contributed by atoms with Gasteiger partial charge in [-0.25, -0.2) is 4.39 Å². The summed E-state index contributed by atoms with van der Waals surface area (Å²) in [5, 5.41) is 18.8. The predicted octanol–water partition coefficient (Wildman–Crippen LogP) is 3.97. The fourth-order valence-electron chi connectivity index (χ4n) is 2.44. The molecule has 24 heavy (non-hydrogen) atoms. The number of nitrogens with zero attached hydrogens (tertiary/aromatic N) is 2. The van der Waals surface area contributed by atoms with Crippen LogP contribution in [-0.2, 0) is 0 Å². The van der Waals surface area contributed by atoms with Gasteiger partial charge in [0, 0.05) is 22.7 Å². The first-order chi connectivity index (χ1) is 11.6. The summed E-state index contributed by atoms with van der Waals surface area (Å²) < 4.78 is 13.2. The van der Waals surface area contributed by atoms with Gasteiger partial charge in [0.1, 0.15) is 17.5 Å². The number of aromatic nitrogens is 1. The summed E-state index contributed by atoms with van der Waals surface area (Å²) >= 11 is 0. The Labute approximate surface area is 137 Å². The summed E-state index contributed by atoms with van der Waals surface area (Å²) in [6.45, 7) is 0. The van der Waals surface area contributed by atoms with E-state index in [1.54, 1.807) is 24.3 Å². The average Bonchev–Trinajstić information content (AvgIpc) is 3.02. The molecule has 0 atom stereocenters. The number of nitrogens with one attached hydrogen (secondary N) is 1. The molecule has 1 aromatic heterocycles. The van der Waals surface area contributed by atoms with Gasteiger partial charge < -0.3 is 4.98 Å². The van der Waals surface area contributed by atoms with Crippen LogP contribution in [0.3, 0.4) is 0 Å². The first-order valence-electron chi connectivity index (χ1n) is 7.05. The lowest BCUT2D eigenvalue weighted by Gasteiger charge is -1.99. The number of ketones is 1. The van der Waals surface area contributed by atoms with Gasteiger partial charge in [0.25, 0.3) is 0 Å². The fraction of sp³-hybridized carbons (Fsp3) is 0. The molecule has 0 aliphatic rings. The molecule has 1 heterocycles. The van der Waals surface area contributed by atoms with Crippen molar-refractivity contribution in [2.45, 2.75) is 0 Å². The molecule has 1 N–H and O–H groups in total. The van der Waals surface area contributed by atoms with Crippen LogP contribution in [0.25, 0.3) is 17.0 Å². The smallest absolute Gasteiger partial charge is 0.205 e. The largest absolute Gasteiger partial charge is 0.360 e. The van der Waals surface area contributed by atoms with Crippen molar-refractivity contribution in [2.24, 2.45) is 0 Å². The van der Waals surface area contributed by atoms with Crippen LogP contribution in [0, 0.1) is 28.5 Å². The molecule has 0 bridgehead atoms. The zero-order valence-electron chi connectivity index (χ0n) is 12.4. The van der Waals surface area contributed by atoms with Crippen molar-refractivity contribution in [3.05, 3.63) is 76.7 Å². The fourth-order valence-corrected chi connectivity index (χ4v) is 2.44. The Morgan fingerprint density at radius 2 is 2.00 bits per heavy atom. The summed E-state index contributed by atoms with van der Waals surface area (Å²) in [5.74, 6) is -0.870. The van der Waals surface area contributed by atoms with E-state index in [1.165, 1.54) is 30.5 Å². The van der Waals surface area contributed by atoms with E-state index in [0.717, 1.165) is 0 Å². The van der Waals surface area contributed by atoms with Crippen molar-refractivity contribution in [1.29, 1.82) is 10.5 Å². The normalized spacial score (nSPS) is 11.0. The molecule has 0 aliphatic carbocycles. The third-order valence-electron chi connectivity index (χ3n) is 3.58. The Bertz CT molecular complexity index is 1060. The van der Waals surface area contributed by atoms with Gasteiger partial charge in [-0.1, -0.05) is 12.1 Å². The van der Waals surface area contributed by atoms with E-state index in [4.69, 9.17) is 5.26 Å². The Morgan fingerprint density at radius 3 is 2.75 bits per heavy atom. The van der Waals surface area contributed by atoms with Gasteiger partial charge in [-0.05, 0) is 42.0 Å². The number of aromatic amines is 1. The molecule has 0 spiro atoms. The number of carbonyl (C=O) groups excluding carboxylic acids is 1. The number of hydrogen-bond acceptors (Lipinski definition) is 3. The van der Waals surface area contributed by atoms with E-state index in [-0.39, 0.29) is 5.57 Å². The highest BCUT2D eigenvalue weighted by atomic mass is 19.1. The molecule has 0 saturated heterocycles. The van der Waals surface area contributed by atoms with Crippen LogP contribution in [0.1, 0.15) is 21.5 Å². The predicted molar refractivity (Wildman–Crippen MR) is 87.3 cm³/mol. The van der Waals surface area contributed by atoms with Crippen molar-refractivity contribution in [1.82, 2.24) is 4.98 Å². The molecule has 5 heteroatoms. The lowest BCUT2D eigenvalue weighted by molar-refractivity contribution is 0.104. The molecular formula is C19H10FN3O. The maximum absolute atomic E-state index is 13.2. The van der Waals surface area contributed by atoms with Gasteiger partial charge in [-0.2, -0.15) is 10.5 Å². The number of fused-ring (bicyclic) bond motifs is 1. The summed E-state index contributed by atoms with van der Waals surface area (Å²) in [6.07, 6.45) is 2.90. The third kappa shape index (κ3) is 2.79. The van der Waals surface area contributed by atoms with Crippen molar-refractivity contribution >= 4 is 22.8 Å². The Kier molecular flexibility index (Phi) is 3.93. The zero-order chi connectivity index (χ0) is 17.1.